The molecule has 166 valence electrons. The van der Waals surface area contributed by atoms with E-state index in [0.29, 0.717) is 18.7 Å². The van der Waals surface area contributed by atoms with E-state index in [1.807, 2.05) is 55.5 Å². The molecule has 0 bridgehead atoms. The van der Waals surface area contributed by atoms with Gasteiger partial charge in [-0.2, -0.15) is 0 Å². The number of ether oxygens (including phenoxy) is 3. The molecule has 0 saturated carbocycles. The lowest BCUT2D eigenvalue weighted by atomic mass is 10.2. The number of aryl methyl sites for hydroxylation is 1. The molecule has 0 spiro atoms. The number of anilines is 2. The first kappa shape index (κ1) is 22.6. The fraction of sp³-hybridized carbons (Fsp3) is 0.417. The molecule has 2 aromatic carbocycles. The molecular weight excluding hydrogens is 396 g/mol. The Kier molecular flexibility index (Phi) is 8.29. The van der Waals surface area contributed by atoms with Crippen molar-refractivity contribution in [3.05, 3.63) is 54.1 Å². The first-order valence-electron chi connectivity index (χ1n) is 10.6. The van der Waals surface area contributed by atoms with Gasteiger partial charge in [-0.25, -0.2) is 0 Å². The van der Waals surface area contributed by atoms with Crippen LogP contribution in [-0.4, -0.2) is 50.9 Å². The Bertz CT molecular complexity index is 863. The summed E-state index contributed by atoms with van der Waals surface area (Å²) in [5.41, 5.74) is 2.87. The molecule has 1 saturated heterocycles. The summed E-state index contributed by atoms with van der Waals surface area (Å²) in [4.78, 5) is 26.6. The van der Waals surface area contributed by atoms with Gasteiger partial charge in [-0.3, -0.25) is 9.59 Å². The summed E-state index contributed by atoms with van der Waals surface area (Å²) in [6, 6.07) is 15.4. The quantitative estimate of drug-likeness (QED) is 0.488. The van der Waals surface area contributed by atoms with Gasteiger partial charge in [-0.15, -0.1) is 0 Å². The van der Waals surface area contributed by atoms with Crippen molar-refractivity contribution >= 4 is 23.3 Å². The van der Waals surface area contributed by atoms with Crippen LogP contribution >= 0.6 is 0 Å². The normalized spacial score (nSPS) is 14.6. The van der Waals surface area contributed by atoms with Crippen LogP contribution in [-0.2, 0) is 19.1 Å². The summed E-state index contributed by atoms with van der Waals surface area (Å²) in [6.45, 7) is 7.13. The Morgan fingerprint density at radius 1 is 1.13 bits per heavy atom. The van der Waals surface area contributed by atoms with Gasteiger partial charge in [-0.1, -0.05) is 12.1 Å². The number of amides is 1. The molecule has 1 aliphatic heterocycles. The number of carbonyl (C=O) groups excluding carboxylic acids is 2. The summed E-state index contributed by atoms with van der Waals surface area (Å²) in [5.74, 6) is 0.00222. The molecule has 1 aliphatic rings. The third kappa shape index (κ3) is 7.29. The van der Waals surface area contributed by atoms with Crippen LogP contribution in [0.2, 0.25) is 0 Å². The molecule has 1 atom stereocenters. The molecule has 0 unspecified atom stereocenters. The van der Waals surface area contributed by atoms with Crippen molar-refractivity contribution in [2.75, 3.05) is 43.1 Å². The molecule has 0 radical (unpaired) electrons. The van der Waals surface area contributed by atoms with Gasteiger partial charge < -0.3 is 24.4 Å². The predicted octanol–water partition coefficient (Wildman–Crippen LogP) is 3.56. The maximum atomic E-state index is 12.3. The Morgan fingerprint density at radius 2 is 1.87 bits per heavy atom. The molecule has 7 nitrogen and oxygen atoms in total. The summed E-state index contributed by atoms with van der Waals surface area (Å²) in [7, 11) is 0. The minimum absolute atomic E-state index is 0.192. The highest BCUT2D eigenvalue weighted by atomic mass is 16.5. The third-order valence-electron chi connectivity index (χ3n) is 4.97. The number of nitrogens with zero attached hydrogens (tertiary/aromatic N) is 1. The fourth-order valence-electron chi connectivity index (χ4n) is 3.24. The van der Waals surface area contributed by atoms with Gasteiger partial charge >= 0.3 is 5.97 Å². The number of nitrogens with one attached hydrogen (secondary N) is 1. The second kappa shape index (κ2) is 11.4. The monoisotopic (exact) mass is 426 g/mol. The van der Waals surface area contributed by atoms with Gasteiger partial charge in [0.25, 0.3) is 5.91 Å². The number of esters is 1. The van der Waals surface area contributed by atoms with E-state index < -0.39 is 12.1 Å². The number of morpholine rings is 1. The first-order chi connectivity index (χ1) is 15.0. The molecular formula is C24H30N2O5. The van der Waals surface area contributed by atoms with Crippen LogP contribution in [0.15, 0.2) is 48.5 Å². The molecule has 7 heteroatoms. The number of hydrogen-bond donors (Lipinski definition) is 1. The van der Waals surface area contributed by atoms with Crippen LogP contribution < -0.4 is 15.0 Å². The lowest BCUT2D eigenvalue weighted by Crippen LogP contribution is -2.36. The maximum absolute atomic E-state index is 12.3. The zero-order chi connectivity index (χ0) is 22.1. The smallest absolute Gasteiger partial charge is 0.306 e. The summed E-state index contributed by atoms with van der Waals surface area (Å²) < 4.78 is 16.2. The van der Waals surface area contributed by atoms with E-state index in [1.165, 1.54) is 0 Å². The molecule has 1 heterocycles. The van der Waals surface area contributed by atoms with E-state index in [2.05, 4.69) is 10.2 Å². The zero-order valence-corrected chi connectivity index (χ0v) is 18.1. The van der Waals surface area contributed by atoms with Gasteiger partial charge in [0.05, 0.1) is 19.8 Å². The Labute approximate surface area is 183 Å². The SMILES string of the molecule is Cc1cccc(OCCCC(=O)O[C@H](C)C(=O)Nc2ccc(N3CCOCC3)cc2)c1. The average molecular weight is 427 g/mol. The van der Waals surface area contributed by atoms with E-state index >= 15 is 0 Å². The highest BCUT2D eigenvalue weighted by Crippen LogP contribution is 2.19. The molecule has 1 fully saturated rings. The third-order valence-corrected chi connectivity index (χ3v) is 4.97. The van der Waals surface area contributed by atoms with Crippen LogP contribution in [0.25, 0.3) is 0 Å². The van der Waals surface area contributed by atoms with E-state index in [9.17, 15) is 9.59 Å². The van der Waals surface area contributed by atoms with Crippen LogP contribution in [0.4, 0.5) is 11.4 Å². The minimum Gasteiger partial charge on any atom is -0.494 e. The Balaban J connectivity index is 1.36. The second-order valence-electron chi connectivity index (χ2n) is 7.54. The van der Waals surface area contributed by atoms with Crippen LogP contribution in [0, 0.1) is 6.92 Å². The summed E-state index contributed by atoms with van der Waals surface area (Å²) >= 11 is 0. The molecule has 1 N–H and O–H groups in total. The lowest BCUT2D eigenvalue weighted by Gasteiger charge is -2.28. The number of benzene rings is 2. The van der Waals surface area contributed by atoms with Crippen molar-refractivity contribution in [2.24, 2.45) is 0 Å². The standard InChI is InChI=1S/C24H30N2O5/c1-18-5-3-6-22(17-18)30-14-4-7-23(27)31-19(2)24(28)25-20-8-10-21(11-9-20)26-12-15-29-16-13-26/h3,5-6,8-11,17,19H,4,7,12-16H2,1-2H3,(H,25,28)/t19-/m1/s1. The molecule has 1 amide bonds. The minimum atomic E-state index is -0.871. The lowest BCUT2D eigenvalue weighted by molar-refractivity contribution is -0.153. The largest absolute Gasteiger partial charge is 0.494 e. The zero-order valence-electron chi connectivity index (χ0n) is 18.1. The van der Waals surface area contributed by atoms with Crippen LogP contribution in [0.5, 0.6) is 5.75 Å². The maximum Gasteiger partial charge on any atom is 0.306 e. The molecule has 2 aromatic rings. The van der Waals surface area contributed by atoms with Crippen LogP contribution in [0.3, 0.4) is 0 Å². The second-order valence-corrected chi connectivity index (χ2v) is 7.54. The van der Waals surface area contributed by atoms with Crippen molar-refractivity contribution in [1.29, 1.82) is 0 Å². The number of rotatable bonds is 9. The summed E-state index contributed by atoms with van der Waals surface area (Å²) in [5, 5.41) is 2.79. The van der Waals surface area contributed by atoms with Crippen molar-refractivity contribution in [3.63, 3.8) is 0 Å². The van der Waals surface area contributed by atoms with E-state index in [4.69, 9.17) is 14.2 Å². The highest BCUT2D eigenvalue weighted by molar-refractivity contribution is 5.95. The fourth-order valence-corrected chi connectivity index (χ4v) is 3.24. The van der Waals surface area contributed by atoms with Crippen molar-refractivity contribution in [3.8, 4) is 5.75 Å². The van der Waals surface area contributed by atoms with E-state index in [1.54, 1.807) is 6.92 Å². The predicted molar refractivity (Wildman–Crippen MR) is 120 cm³/mol. The van der Waals surface area contributed by atoms with Gasteiger partial charge in [0.1, 0.15) is 5.75 Å². The summed E-state index contributed by atoms with van der Waals surface area (Å²) in [6.07, 6.45) is -0.161. The van der Waals surface area contributed by atoms with E-state index in [-0.39, 0.29) is 12.3 Å². The molecule has 0 aromatic heterocycles. The van der Waals surface area contributed by atoms with Crippen molar-refractivity contribution < 1.29 is 23.8 Å². The van der Waals surface area contributed by atoms with Crippen molar-refractivity contribution in [2.45, 2.75) is 32.8 Å². The Hall–Kier alpha value is -3.06. The van der Waals surface area contributed by atoms with Crippen molar-refractivity contribution in [1.82, 2.24) is 0 Å². The van der Waals surface area contributed by atoms with Gasteiger partial charge in [0.2, 0.25) is 0 Å². The van der Waals surface area contributed by atoms with Gasteiger partial charge in [-0.05, 0) is 62.2 Å². The Morgan fingerprint density at radius 3 is 2.58 bits per heavy atom. The molecule has 3 rings (SSSR count). The number of carbonyl (C=O) groups is 2. The number of hydrogen-bond acceptors (Lipinski definition) is 6. The molecule has 0 aliphatic carbocycles. The molecule has 31 heavy (non-hydrogen) atoms. The van der Waals surface area contributed by atoms with Gasteiger partial charge in [0.15, 0.2) is 6.10 Å². The van der Waals surface area contributed by atoms with Crippen LogP contribution in [0.1, 0.15) is 25.3 Å². The van der Waals surface area contributed by atoms with Gasteiger partial charge in [0, 0.05) is 30.9 Å². The average Bonchev–Trinajstić information content (AvgIpc) is 2.78. The highest BCUT2D eigenvalue weighted by Gasteiger charge is 2.18. The first-order valence-corrected chi connectivity index (χ1v) is 10.6. The van der Waals surface area contributed by atoms with E-state index in [0.717, 1.165) is 43.3 Å². The topological polar surface area (TPSA) is 77.1 Å².